The van der Waals surface area contributed by atoms with Crippen LogP contribution >= 0.6 is 11.6 Å². The third kappa shape index (κ3) is 4.82. The zero-order chi connectivity index (χ0) is 23.9. The Kier molecular flexibility index (Phi) is 6.59. The van der Waals surface area contributed by atoms with Crippen molar-refractivity contribution in [2.75, 3.05) is 19.7 Å². The van der Waals surface area contributed by atoms with Crippen LogP contribution in [0, 0.1) is 5.92 Å². The molecule has 4 rings (SSSR count). The number of nitrogens with one attached hydrogen (secondary N) is 1. The fourth-order valence-corrected chi connectivity index (χ4v) is 4.59. The lowest BCUT2D eigenvalue weighted by Crippen LogP contribution is -2.50. The number of hydrogen-bond donors (Lipinski definition) is 2. The van der Waals surface area contributed by atoms with Gasteiger partial charge >= 0.3 is 6.18 Å². The molecule has 0 aliphatic heterocycles. The molecule has 2 aliphatic rings. The van der Waals surface area contributed by atoms with Crippen molar-refractivity contribution in [2.24, 2.45) is 5.92 Å². The van der Waals surface area contributed by atoms with Crippen LogP contribution in [0.3, 0.4) is 0 Å². The highest BCUT2D eigenvalue weighted by Crippen LogP contribution is 2.43. The second-order valence-corrected chi connectivity index (χ2v) is 9.15. The van der Waals surface area contributed by atoms with Crippen molar-refractivity contribution in [3.63, 3.8) is 0 Å². The second-order valence-electron chi connectivity index (χ2n) is 8.78. The molecule has 2 amide bonds. The number of halogens is 4. The molecule has 2 N–H and O–H groups in total. The van der Waals surface area contributed by atoms with Gasteiger partial charge in [0, 0.05) is 32.2 Å². The third-order valence-corrected chi connectivity index (χ3v) is 6.79. The zero-order valence-corrected chi connectivity index (χ0v) is 18.9. The standard InChI is InChI=1S/C22H26ClF3N4O3/c1-2-18(32)29(15-7-12(8-15)11-31)6-5-27-21(33)20-19(23)16-9-14(13-3-4-13)10-17(22(24,25)26)30(16)28-20/h9-10,12-13,15,31H,2-8,11H2,1H3,(H,27,33). The van der Waals surface area contributed by atoms with E-state index in [2.05, 4.69) is 10.4 Å². The number of aromatic nitrogens is 2. The molecule has 0 aromatic carbocycles. The van der Waals surface area contributed by atoms with Crippen LogP contribution in [0.1, 0.15) is 66.7 Å². The summed E-state index contributed by atoms with van der Waals surface area (Å²) in [4.78, 5) is 26.7. The van der Waals surface area contributed by atoms with E-state index in [-0.39, 0.29) is 59.7 Å². The molecule has 7 nitrogen and oxygen atoms in total. The van der Waals surface area contributed by atoms with E-state index in [1.165, 1.54) is 0 Å². The van der Waals surface area contributed by atoms with E-state index in [9.17, 15) is 27.9 Å². The first-order valence-corrected chi connectivity index (χ1v) is 11.5. The number of rotatable bonds is 8. The molecular weight excluding hydrogens is 461 g/mol. The number of carbonyl (C=O) groups excluding carboxylic acids is 2. The molecule has 33 heavy (non-hydrogen) atoms. The Balaban J connectivity index is 1.50. The molecule has 0 atom stereocenters. The molecule has 2 aromatic rings. The fraction of sp³-hybridized carbons (Fsp3) is 0.591. The van der Waals surface area contributed by atoms with Gasteiger partial charge in [-0.2, -0.15) is 18.3 Å². The molecule has 180 valence electrons. The van der Waals surface area contributed by atoms with E-state index in [1.54, 1.807) is 17.9 Å². The largest absolute Gasteiger partial charge is 0.433 e. The summed E-state index contributed by atoms with van der Waals surface area (Å²) in [6, 6.07) is 2.65. The van der Waals surface area contributed by atoms with Crippen LogP contribution in [0.5, 0.6) is 0 Å². The lowest BCUT2D eigenvalue weighted by Gasteiger charge is -2.42. The number of aliphatic hydroxyl groups is 1. The lowest BCUT2D eigenvalue weighted by molar-refractivity contribution is -0.142. The number of hydrogen-bond acceptors (Lipinski definition) is 4. The molecular formula is C22H26ClF3N4O3. The van der Waals surface area contributed by atoms with Crippen LogP contribution in [0.4, 0.5) is 13.2 Å². The first-order valence-electron chi connectivity index (χ1n) is 11.1. The van der Waals surface area contributed by atoms with Gasteiger partial charge in [0.25, 0.3) is 5.91 Å². The minimum absolute atomic E-state index is 0.0143. The summed E-state index contributed by atoms with van der Waals surface area (Å²) < 4.78 is 41.6. The Labute approximate surface area is 193 Å². The van der Waals surface area contributed by atoms with Gasteiger partial charge in [0.1, 0.15) is 5.69 Å². The Morgan fingerprint density at radius 1 is 1.30 bits per heavy atom. The summed E-state index contributed by atoms with van der Waals surface area (Å²) in [5.41, 5.74) is -0.664. The van der Waals surface area contributed by atoms with Crippen LogP contribution in [0.15, 0.2) is 12.1 Å². The van der Waals surface area contributed by atoms with E-state index < -0.39 is 17.8 Å². The van der Waals surface area contributed by atoms with Crippen LogP contribution in [-0.2, 0) is 11.0 Å². The number of pyridine rings is 1. The Morgan fingerprint density at radius 2 is 2.00 bits per heavy atom. The van der Waals surface area contributed by atoms with Crippen molar-refractivity contribution in [3.05, 3.63) is 34.1 Å². The predicted octanol–water partition coefficient (Wildman–Crippen LogP) is 3.62. The zero-order valence-electron chi connectivity index (χ0n) is 18.2. The predicted molar refractivity (Wildman–Crippen MR) is 115 cm³/mol. The lowest BCUT2D eigenvalue weighted by atomic mass is 9.79. The van der Waals surface area contributed by atoms with Gasteiger partial charge in [-0.05, 0) is 55.2 Å². The van der Waals surface area contributed by atoms with E-state index in [1.807, 2.05) is 0 Å². The van der Waals surface area contributed by atoms with Gasteiger partial charge in [0.05, 0.1) is 10.5 Å². The molecule has 2 saturated carbocycles. The molecule has 2 heterocycles. The molecule has 2 fully saturated rings. The number of carbonyl (C=O) groups is 2. The SMILES string of the molecule is CCC(=O)N(CCNC(=O)c1nn2c(C(F)(F)F)cc(C3CC3)cc2c1Cl)C1CC(CO)C1. The van der Waals surface area contributed by atoms with Crippen LogP contribution < -0.4 is 5.32 Å². The van der Waals surface area contributed by atoms with E-state index in [0.29, 0.717) is 29.3 Å². The molecule has 2 aromatic heterocycles. The summed E-state index contributed by atoms with van der Waals surface area (Å²) in [7, 11) is 0. The average Bonchev–Trinajstić information content (AvgIpc) is 3.53. The van der Waals surface area contributed by atoms with Crippen molar-refractivity contribution in [2.45, 2.75) is 57.2 Å². The van der Waals surface area contributed by atoms with Crippen LogP contribution in [0.25, 0.3) is 5.52 Å². The number of nitrogens with zero attached hydrogens (tertiary/aromatic N) is 3. The van der Waals surface area contributed by atoms with Gasteiger partial charge in [0.2, 0.25) is 5.91 Å². The molecule has 2 aliphatic carbocycles. The van der Waals surface area contributed by atoms with Crippen LogP contribution in [0.2, 0.25) is 5.02 Å². The molecule has 0 spiro atoms. The van der Waals surface area contributed by atoms with Gasteiger partial charge in [-0.3, -0.25) is 9.59 Å². The van der Waals surface area contributed by atoms with Gasteiger partial charge < -0.3 is 15.3 Å². The fourth-order valence-electron chi connectivity index (χ4n) is 4.33. The highest BCUT2D eigenvalue weighted by atomic mass is 35.5. The highest BCUT2D eigenvalue weighted by molar-refractivity contribution is 6.36. The van der Waals surface area contributed by atoms with Gasteiger partial charge in [-0.1, -0.05) is 18.5 Å². The second kappa shape index (κ2) is 9.13. The maximum absolute atomic E-state index is 13.6. The number of amides is 2. The molecule has 0 unspecified atom stereocenters. The Hall–Kier alpha value is -2.33. The van der Waals surface area contributed by atoms with Crippen molar-refractivity contribution in [1.82, 2.24) is 19.8 Å². The monoisotopic (exact) mass is 486 g/mol. The summed E-state index contributed by atoms with van der Waals surface area (Å²) in [5, 5.41) is 15.6. The maximum Gasteiger partial charge on any atom is 0.433 e. The quantitative estimate of drug-likeness (QED) is 0.596. The van der Waals surface area contributed by atoms with Crippen LogP contribution in [-0.4, -0.2) is 57.2 Å². The number of aliphatic hydroxyl groups excluding tert-OH is 1. The minimum Gasteiger partial charge on any atom is -0.396 e. The first-order chi connectivity index (χ1) is 15.6. The van der Waals surface area contributed by atoms with E-state index >= 15 is 0 Å². The Bertz CT molecular complexity index is 1060. The third-order valence-electron chi connectivity index (χ3n) is 6.42. The molecule has 0 bridgehead atoms. The summed E-state index contributed by atoms with van der Waals surface area (Å²) in [6.45, 7) is 2.19. The van der Waals surface area contributed by atoms with Gasteiger partial charge in [0.15, 0.2) is 5.69 Å². The van der Waals surface area contributed by atoms with E-state index in [0.717, 1.165) is 18.9 Å². The van der Waals surface area contributed by atoms with Gasteiger partial charge in [-0.15, -0.1) is 0 Å². The van der Waals surface area contributed by atoms with Crippen molar-refractivity contribution < 1.29 is 27.9 Å². The van der Waals surface area contributed by atoms with Crippen molar-refractivity contribution in [1.29, 1.82) is 0 Å². The number of fused-ring (bicyclic) bond motifs is 1. The van der Waals surface area contributed by atoms with Crippen molar-refractivity contribution >= 4 is 28.9 Å². The smallest absolute Gasteiger partial charge is 0.396 e. The summed E-state index contributed by atoms with van der Waals surface area (Å²) >= 11 is 6.30. The number of alkyl halides is 3. The molecule has 0 radical (unpaired) electrons. The highest BCUT2D eigenvalue weighted by Gasteiger charge is 2.38. The summed E-state index contributed by atoms with van der Waals surface area (Å²) in [6.07, 6.45) is -1.28. The normalized spacial score (nSPS) is 20.5. The van der Waals surface area contributed by atoms with Gasteiger partial charge in [-0.25, -0.2) is 4.52 Å². The Morgan fingerprint density at radius 3 is 2.58 bits per heavy atom. The summed E-state index contributed by atoms with van der Waals surface area (Å²) in [5.74, 6) is -0.510. The molecule has 0 saturated heterocycles. The average molecular weight is 487 g/mol. The molecule has 11 heteroatoms. The maximum atomic E-state index is 13.6. The minimum atomic E-state index is -4.65. The first kappa shape index (κ1) is 23.8. The van der Waals surface area contributed by atoms with E-state index in [4.69, 9.17) is 11.6 Å². The topological polar surface area (TPSA) is 86.9 Å². The van der Waals surface area contributed by atoms with Crippen molar-refractivity contribution in [3.8, 4) is 0 Å².